The number of anilines is 1. The smallest absolute Gasteiger partial charge is 0.322 e. The number of rotatable bonds is 3. The van der Waals surface area contributed by atoms with Gasteiger partial charge in [0.15, 0.2) is 0 Å². The quantitative estimate of drug-likeness (QED) is 0.557. The van der Waals surface area contributed by atoms with Crippen molar-refractivity contribution >= 4 is 11.7 Å². The van der Waals surface area contributed by atoms with Crippen molar-refractivity contribution < 1.29 is 9.53 Å². The maximum atomic E-state index is 11.1. The Morgan fingerprint density at radius 2 is 2.31 bits per heavy atom. The number of methoxy groups -OCH3 is 1. The zero-order valence-electron chi connectivity index (χ0n) is 8.93. The zero-order valence-corrected chi connectivity index (χ0v) is 8.93. The summed E-state index contributed by atoms with van der Waals surface area (Å²) in [5.41, 5.74) is 12.8. The van der Waals surface area contributed by atoms with E-state index in [1.807, 2.05) is 6.07 Å². The van der Waals surface area contributed by atoms with Gasteiger partial charge < -0.3 is 16.2 Å². The molecule has 0 unspecified atom stereocenters. The second kappa shape index (κ2) is 5.14. The Bertz CT molecular complexity index is 437. The Hall–Kier alpha value is -2.06. The zero-order chi connectivity index (χ0) is 12.1. The third-order valence-corrected chi connectivity index (χ3v) is 2.20. The molecule has 5 heteroatoms. The van der Waals surface area contributed by atoms with Gasteiger partial charge in [0, 0.05) is 5.69 Å². The van der Waals surface area contributed by atoms with Crippen LogP contribution in [-0.4, -0.2) is 19.1 Å². The fraction of sp³-hybridized carbons (Fsp3) is 0.273. The largest absolute Gasteiger partial charge is 0.468 e. The van der Waals surface area contributed by atoms with Gasteiger partial charge in [0.1, 0.15) is 12.1 Å². The number of carbonyl (C=O) groups excluding carboxylic acids is 1. The lowest BCUT2D eigenvalue weighted by Crippen LogP contribution is -2.33. The summed E-state index contributed by atoms with van der Waals surface area (Å²) in [7, 11) is 1.29. The van der Waals surface area contributed by atoms with E-state index in [0.717, 1.165) is 5.56 Å². The topological polar surface area (TPSA) is 102 Å². The third-order valence-electron chi connectivity index (χ3n) is 2.20. The molecule has 0 aliphatic carbocycles. The van der Waals surface area contributed by atoms with Crippen molar-refractivity contribution in [3.63, 3.8) is 0 Å². The van der Waals surface area contributed by atoms with Gasteiger partial charge in [0.05, 0.1) is 12.7 Å². The average molecular weight is 219 g/mol. The van der Waals surface area contributed by atoms with Crippen molar-refractivity contribution in [3.8, 4) is 6.07 Å². The summed E-state index contributed by atoms with van der Waals surface area (Å²) < 4.78 is 4.51. The molecule has 0 saturated heterocycles. The summed E-state index contributed by atoms with van der Waals surface area (Å²) >= 11 is 0. The molecule has 1 aromatic carbocycles. The summed E-state index contributed by atoms with van der Waals surface area (Å²) in [5.74, 6) is -0.470. The summed E-state index contributed by atoms with van der Waals surface area (Å²) in [6.45, 7) is 0. The van der Waals surface area contributed by atoms with Gasteiger partial charge >= 0.3 is 5.97 Å². The maximum Gasteiger partial charge on any atom is 0.322 e. The van der Waals surface area contributed by atoms with Crippen LogP contribution in [-0.2, 0) is 16.0 Å². The molecule has 84 valence electrons. The normalized spacial score (nSPS) is 11.6. The van der Waals surface area contributed by atoms with Crippen molar-refractivity contribution in [2.75, 3.05) is 12.8 Å². The number of nitrogens with two attached hydrogens (primary N) is 2. The van der Waals surface area contributed by atoms with Crippen molar-refractivity contribution in [2.24, 2.45) is 5.73 Å². The molecule has 1 rings (SSSR count). The SMILES string of the molecule is COC(=O)[C@H](N)Cc1ccc(C#N)c(N)c1. The van der Waals surface area contributed by atoms with Gasteiger partial charge in [-0.1, -0.05) is 6.07 Å². The Kier molecular flexibility index (Phi) is 3.86. The van der Waals surface area contributed by atoms with Crippen molar-refractivity contribution in [1.82, 2.24) is 0 Å². The van der Waals surface area contributed by atoms with E-state index in [2.05, 4.69) is 4.74 Å². The van der Waals surface area contributed by atoms with Gasteiger partial charge in [-0.05, 0) is 24.1 Å². The van der Waals surface area contributed by atoms with Crippen LogP contribution in [0.25, 0.3) is 0 Å². The minimum Gasteiger partial charge on any atom is -0.468 e. The number of nitriles is 1. The molecule has 0 radical (unpaired) electrons. The molecular formula is C11H13N3O2. The monoisotopic (exact) mass is 219 g/mol. The number of nitrogens with zero attached hydrogens (tertiary/aromatic N) is 1. The van der Waals surface area contributed by atoms with E-state index < -0.39 is 12.0 Å². The lowest BCUT2D eigenvalue weighted by Gasteiger charge is -2.09. The fourth-order valence-electron chi connectivity index (χ4n) is 1.33. The van der Waals surface area contributed by atoms with E-state index in [1.165, 1.54) is 7.11 Å². The second-order valence-corrected chi connectivity index (χ2v) is 3.37. The molecule has 0 bridgehead atoms. The third kappa shape index (κ3) is 2.72. The van der Waals surface area contributed by atoms with Crippen LogP contribution < -0.4 is 11.5 Å². The predicted octanol–water partition coefficient (Wildman–Crippen LogP) is 0.183. The number of carbonyl (C=O) groups is 1. The maximum absolute atomic E-state index is 11.1. The van der Waals surface area contributed by atoms with E-state index in [0.29, 0.717) is 17.7 Å². The van der Waals surface area contributed by atoms with Crippen LogP contribution in [0.1, 0.15) is 11.1 Å². The fourth-order valence-corrected chi connectivity index (χ4v) is 1.33. The summed E-state index contributed by atoms with van der Waals surface area (Å²) in [4.78, 5) is 11.1. The molecule has 5 nitrogen and oxygen atoms in total. The highest BCUT2D eigenvalue weighted by molar-refractivity contribution is 5.75. The van der Waals surface area contributed by atoms with Crippen LogP contribution >= 0.6 is 0 Å². The highest BCUT2D eigenvalue weighted by atomic mass is 16.5. The van der Waals surface area contributed by atoms with E-state index >= 15 is 0 Å². The van der Waals surface area contributed by atoms with Crippen LogP contribution in [0.15, 0.2) is 18.2 Å². The van der Waals surface area contributed by atoms with Gasteiger partial charge in [-0.3, -0.25) is 4.79 Å². The molecule has 0 aromatic heterocycles. The molecule has 0 saturated carbocycles. The molecule has 16 heavy (non-hydrogen) atoms. The minimum absolute atomic E-state index is 0.336. The van der Waals surface area contributed by atoms with Crippen LogP contribution in [0.3, 0.4) is 0 Å². The Morgan fingerprint density at radius 3 is 2.81 bits per heavy atom. The molecule has 0 aliphatic heterocycles. The van der Waals surface area contributed by atoms with Crippen LogP contribution in [0.4, 0.5) is 5.69 Å². The van der Waals surface area contributed by atoms with Crippen LogP contribution in [0.5, 0.6) is 0 Å². The molecule has 0 aliphatic rings. The van der Waals surface area contributed by atoms with E-state index in [9.17, 15) is 4.79 Å². The lowest BCUT2D eigenvalue weighted by molar-refractivity contribution is -0.142. The first-order valence-electron chi connectivity index (χ1n) is 4.70. The van der Waals surface area contributed by atoms with E-state index in [1.54, 1.807) is 18.2 Å². The van der Waals surface area contributed by atoms with Crippen molar-refractivity contribution in [2.45, 2.75) is 12.5 Å². The number of benzene rings is 1. The first kappa shape index (κ1) is 12.0. The summed E-state index contributed by atoms with van der Waals surface area (Å²) in [6, 6.07) is 6.22. The predicted molar refractivity (Wildman–Crippen MR) is 59.3 cm³/mol. The summed E-state index contributed by atoms with van der Waals surface area (Å²) in [6.07, 6.45) is 0.336. The van der Waals surface area contributed by atoms with Gasteiger partial charge in [-0.15, -0.1) is 0 Å². The first-order valence-corrected chi connectivity index (χ1v) is 4.70. The number of ether oxygens (including phenoxy) is 1. The molecule has 0 heterocycles. The number of nitrogen functional groups attached to an aromatic ring is 1. The Balaban J connectivity index is 2.80. The van der Waals surface area contributed by atoms with E-state index in [4.69, 9.17) is 16.7 Å². The molecule has 0 spiro atoms. The number of esters is 1. The van der Waals surface area contributed by atoms with Crippen LogP contribution in [0, 0.1) is 11.3 Å². The van der Waals surface area contributed by atoms with E-state index in [-0.39, 0.29) is 0 Å². The van der Waals surface area contributed by atoms with Gasteiger partial charge in [-0.2, -0.15) is 5.26 Å². The lowest BCUT2D eigenvalue weighted by atomic mass is 10.0. The van der Waals surface area contributed by atoms with Gasteiger partial charge in [0.25, 0.3) is 0 Å². The highest BCUT2D eigenvalue weighted by Crippen LogP contribution is 2.14. The number of hydrogen-bond acceptors (Lipinski definition) is 5. The average Bonchev–Trinajstić information content (AvgIpc) is 2.28. The molecule has 1 atom stereocenters. The minimum atomic E-state index is -0.711. The molecular weight excluding hydrogens is 206 g/mol. The highest BCUT2D eigenvalue weighted by Gasteiger charge is 2.14. The molecule has 4 N–H and O–H groups in total. The molecule has 1 aromatic rings. The number of hydrogen-bond donors (Lipinski definition) is 2. The summed E-state index contributed by atoms with van der Waals surface area (Å²) in [5, 5.41) is 8.69. The molecule has 0 fully saturated rings. The Labute approximate surface area is 93.6 Å². The van der Waals surface area contributed by atoms with Gasteiger partial charge in [0.2, 0.25) is 0 Å². The Morgan fingerprint density at radius 1 is 1.62 bits per heavy atom. The second-order valence-electron chi connectivity index (χ2n) is 3.37. The standard InChI is InChI=1S/C11H13N3O2/c1-16-11(15)10(14)5-7-2-3-8(6-12)9(13)4-7/h2-4,10H,5,13-14H2,1H3/t10-/m1/s1. The first-order chi connectivity index (χ1) is 7.58. The van der Waals surface area contributed by atoms with Gasteiger partial charge in [-0.25, -0.2) is 0 Å². The molecule has 0 amide bonds. The van der Waals surface area contributed by atoms with Crippen molar-refractivity contribution in [3.05, 3.63) is 29.3 Å². The van der Waals surface area contributed by atoms with Crippen LogP contribution in [0.2, 0.25) is 0 Å². The van der Waals surface area contributed by atoms with Crippen molar-refractivity contribution in [1.29, 1.82) is 5.26 Å².